The quantitative estimate of drug-likeness (QED) is 0.835. The average molecular weight is 360 g/mol. The molecule has 1 heterocycles. The number of sulfonamides is 1. The van der Waals surface area contributed by atoms with Crippen molar-refractivity contribution in [2.75, 3.05) is 13.6 Å². The summed E-state index contributed by atoms with van der Waals surface area (Å²) in [5, 5.41) is 9.30. The van der Waals surface area contributed by atoms with E-state index in [9.17, 15) is 13.2 Å². The zero-order chi connectivity index (χ0) is 18.9. The van der Waals surface area contributed by atoms with Gasteiger partial charge in [0.25, 0.3) is 0 Å². The van der Waals surface area contributed by atoms with Gasteiger partial charge in [-0.2, -0.15) is 9.40 Å². The van der Waals surface area contributed by atoms with Gasteiger partial charge in [-0.1, -0.05) is 0 Å². The molecule has 0 aliphatic rings. The molecule has 9 heteroatoms. The Hall–Kier alpha value is -1.61. The number of likely N-dealkylation sites (N-methyl/N-ethyl adjacent to an activating group) is 1. The molecule has 0 fully saturated rings. The lowest BCUT2D eigenvalue weighted by Gasteiger charge is -2.32. The number of carbonyl (C=O) groups excluding carboxylic acids is 1. The molecule has 0 aromatic carbocycles. The van der Waals surface area contributed by atoms with Crippen LogP contribution in [0.4, 0.5) is 4.79 Å². The zero-order valence-corrected chi connectivity index (χ0v) is 16.5. The monoisotopic (exact) mass is 360 g/mol. The van der Waals surface area contributed by atoms with Crippen molar-refractivity contribution in [2.45, 2.75) is 64.5 Å². The summed E-state index contributed by atoms with van der Waals surface area (Å²) < 4.78 is 31.9. The summed E-state index contributed by atoms with van der Waals surface area (Å²) in [6.45, 7) is 12.1. The SMILES string of the molecule is Cc1n[nH]c(C)c1S(=O)(=O)N(C)CC(C)(C)NC(=O)OC(C)(C)C. The second kappa shape index (κ2) is 6.72. The van der Waals surface area contributed by atoms with Crippen molar-refractivity contribution in [3.05, 3.63) is 11.4 Å². The van der Waals surface area contributed by atoms with Crippen LogP contribution >= 0.6 is 0 Å². The number of amides is 1. The van der Waals surface area contributed by atoms with Gasteiger partial charge in [0.15, 0.2) is 0 Å². The normalized spacial score (nSPS) is 13.2. The minimum atomic E-state index is -3.71. The maximum absolute atomic E-state index is 12.7. The Labute approximate surface area is 144 Å². The summed E-state index contributed by atoms with van der Waals surface area (Å²) in [7, 11) is -2.24. The fourth-order valence-corrected chi connectivity index (χ4v) is 3.99. The van der Waals surface area contributed by atoms with Crippen LogP contribution in [0, 0.1) is 13.8 Å². The summed E-state index contributed by atoms with van der Waals surface area (Å²) in [6.07, 6.45) is -0.589. The number of hydrogen-bond acceptors (Lipinski definition) is 5. The Morgan fingerprint density at radius 1 is 1.25 bits per heavy atom. The van der Waals surface area contributed by atoms with E-state index in [1.54, 1.807) is 48.5 Å². The van der Waals surface area contributed by atoms with E-state index in [0.717, 1.165) is 0 Å². The number of ether oxygens (including phenoxy) is 1. The lowest BCUT2D eigenvalue weighted by atomic mass is 10.1. The van der Waals surface area contributed by atoms with Crippen LogP contribution in [-0.4, -0.2) is 53.7 Å². The molecule has 24 heavy (non-hydrogen) atoms. The molecule has 0 saturated heterocycles. The van der Waals surface area contributed by atoms with Gasteiger partial charge in [-0.05, 0) is 48.5 Å². The highest BCUT2D eigenvalue weighted by molar-refractivity contribution is 7.89. The van der Waals surface area contributed by atoms with Gasteiger partial charge in [0, 0.05) is 13.6 Å². The topological polar surface area (TPSA) is 104 Å². The van der Waals surface area contributed by atoms with Crippen molar-refractivity contribution < 1.29 is 17.9 Å². The number of nitrogens with one attached hydrogen (secondary N) is 2. The van der Waals surface area contributed by atoms with Crippen molar-refractivity contribution in [2.24, 2.45) is 0 Å². The number of aromatic amines is 1. The number of hydrogen-bond donors (Lipinski definition) is 2. The zero-order valence-electron chi connectivity index (χ0n) is 15.6. The second-order valence-electron chi connectivity index (χ2n) is 7.53. The number of alkyl carbamates (subject to hydrolysis) is 1. The highest BCUT2D eigenvalue weighted by atomic mass is 32.2. The van der Waals surface area contributed by atoms with Crippen LogP contribution in [0.3, 0.4) is 0 Å². The van der Waals surface area contributed by atoms with Gasteiger partial charge in [0.05, 0.1) is 16.9 Å². The summed E-state index contributed by atoms with van der Waals surface area (Å²) in [4.78, 5) is 12.1. The Morgan fingerprint density at radius 2 is 1.79 bits per heavy atom. The van der Waals surface area contributed by atoms with E-state index < -0.39 is 27.3 Å². The first-order valence-corrected chi connectivity index (χ1v) is 9.09. The predicted molar refractivity (Wildman–Crippen MR) is 91.3 cm³/mol. The fraction of sp³-hybridized carbons (Fsp3) is 0.733. The number of rotatable bonds is 5. The summed E-state index contributed by atoms with van der Waals surface area (Å²) >= 11 is 0. The molecule has 1 aromatic rings. The molecule has 1 aromatic heterocycles. The van der Waals surface area contributed by atoms with Gasteiger partial charge in [-0.25, -0.2) is 13.2 Å². The third kappa shape index (κ3) is 5.20. The van der Waals surface area contributed by atoms with Crippen molar-refractivity contribution in [1.29, 1.82) is 0 Å². The maximum Gasteiger partial charge on any atom is 0.408 e. The van der Waals surface area contributed by atoms with E-state index in [-0.39, 0.29) is 11.4 Å². The molecule has 2 N–H and O–H groups in total. The smallest absolute Gasteiger partial charge is 0.408 e. The van der Waals surface area contributed by atoms with Crippen molar-refractivity contribution in [3.63, 3.8) is 0 Å². The third-order valence-corrected chi connectivity index (χ3v) is 5.25. The van der Waals surface area contributed by atoms with Crippen LogP contribution in [0.1, 0.15) is 46.0 Å². The van der Waals surface area contributed by atoms with Crippen LogP contribution in [0.25, 0.3) is 0 Å². The molecule has 0 spiro atoms. The Bertz CT molecular complexity index is 682. The van der Waals surface area contributed by atoms with Gasteiger partial charge < -0.3 is 10.1 Å². The molecule has 0 saturated carbocycles. The summed E-state index contributed by atoms with van der Waals surface area (Å²) in [5.74, 6) is 0. The highest BCUT2D eigenvalue weighted by Crippen LogP contribution is 2.22. The molecule has 1 rings (SSSR count). The van der Waals surface area contributed by atoms with Crippen molar-refractivity contribution >= 4 is 16.1 Å². The number of aryl methyl sites for hydroxylation is 2. The van der Waals surface area contributed by atoms with Crippen LogP contribution in [-0.2, 0) is 14.8 Å². The van der Waals surface area contributed by atoms with Crippen LogP contribution in [0.2, 0.25) is 0 Å². The van der Waals surface area contributed by atoms with Gasteiger partial charge in [-0.3, -0.25) is 5.10 Å². The van der Waals surface area contributed by atoms with Gasteiger partial charge in [-0.15, -0.1) is 0 Å². The number of aromatic nitrogens is 2. The minimum Gasteiger partial charge on any atom is -0.444 e. The molecule has 0 unspecified atom stereocenters. The molecule has 0 radical (unpaired) electrons. The van der Waals surface area contributed by atoms with Crippen LogP contribution < -0.4 is 5.32 Å². The highest BCUT2D eigenvalue weighted by Gasteiger charge is 2.33. The average Bonchev–Trinajstić information content (AvgIpc) is 2.64. The minimum absolute atomic E-state index is 0.0820. The molecular weight excluding hydrogens is 332 g/mol. The second-order valence-corrected chi connectivity index (χ2v) is 9.52. The van der Waals surface area contributed by atoms with E-state index in [4.69, 9.17) is 4.74 Å². The van der Waals surface area contributed by atoms with E-state index in [0.29, 0.717) is 11.4 Å². The number of H-pyrrole nitrogens is 1. The van der Waals surface area contributed by atoms with Crippen LogP contribution in [0.15, 0.2) is 4.90 Å². The van der Waals surface area contributed by atoms with Gasteiger partial charge >= 0.3 is 6.09 Å². The van der Waals surface area contributed by atoms with E-state index >= 15 is 0 Å². The molecule has 8 nitrogen and oxygen atoms in total. The molecule has 0 aliphatic carbocycles. The molecule has 0 aliphatic heterocycles. The number of carbonyl (C=O) groups is 1. The number of nitrogens with zero attached hydrogens (tertiary/aromatic N) is 2. The Kier molecular flexibility index (Phi) is 5.72. The molecule has 138 valence electrons. The standard InChI is InChI=1S/C15H28N4O4S/c1-10-12(11(2)18-17-10)24(21,22)19(8)9-15(6,7)16-13(20)23-14(3,4)5/h9H2,1-8H3,(H,16,20)(H,17,18). The van der Waals surface area contributed by atoms with Crippen molar-refractivity contribution in [1.82, 2.24) is 19.8 Å². The summed E-state index contributed by atoms with van der Waals surface area (Å²) in [5.41, 5.74) is -0.534. The molecular formula is C15H28N4O4S. The van der Waals surface area contributed by atoms with E-state index in [2.05, 4.69) is 15.5 Å². The van der Waals surface area contributed by atoms with Crippen molar-refractivity contribution in [3.8, 4) is 0 Å². The first-order valence-electron chi connectivity index (χ1n) is 7.65. The largest absolute Gasteiger partial charge is 0.444 e. The molecule has 1 amide bonds. The summed E-state index contributed by atoms with van der Waals surface area (Å²) in [6, 6.07) is 0. The Balaban J connectivity index is 2.89. The van der Waals surface area contributed by atoms with Gasteiger partial charge in [0.2, 0.25) is 10.0 Å². The first kappa shape index (κ1) is 20.4. The lowest BCUT2D eigenvalue weighted by Crippen LogP contribution is -2.52. The maximum atomic E-state index is 12.7. The predicted octanol–water partition coefficient (Wildman–Crippen LogP) is 1.95. The van der Waals surface area contributed by atoms with E-state index in [1.165, 1.54) is 11.4 Å². The molecule has 0 bridgehead atoms. The third-order valence-electron chi connectivity index (χ3n) is 3.19. The molecule has 0 atom stereocenters. The fourth-order valence-electron chi connectivity index (χ4n) is 2.34. The van der Waals surface area contributed by atoms with E-state index in [1.807, 2.05) is 0 Å². The first-order chi connectivity index (χ1) is 10.7. The van der Waals surface area contributed by atoms with Crippen LogP contribution in [0.5, 0.6) is 0 Å². The van der Waals surface area contributed by atoms with Gasteiger partial charge in [0.1, 0.15) is 10.5 Å². The lowest BCUT2D eigenvalue weighted by molar-refractivity contribution is 0.0464. The Morgan fingerprint density at radius 3 is 2.21 bits per heavy atom.